The van der Waals surface area contributed by atoms with Crippen LogP contribution in [0.4, 0.5) is 5.69 Å². The molecule has 0 spiro atoms. The average molecular weight is 550 g/mol. The predicted molar refractivity (Wildman–Crippen MR) is 157 cm³/mol. The van der Waals surface area contributed by atoms with Gasteiger partial charge in [0, 0.05) is 12.2 Å². The Morgan fingerprint density at radius 1 is 0.878 bits per heavy atom. The lowest BCUT2D eigenvalue weighted by Gasteiger charge is -2.32. The highest BCUT2D eigenvalue weighted by Crippen LogP contribution is 2.31. The Bertz CT molecular complexity index is 1600. The molecule has 208 valence electrons. The average Bonchev–Trinajstić information content (AvgIpc) is 3.42. The SMILES string of the molecule is CCOc1ccc([C@@H](C(=O)NCc2ccccc2)N(C(=O)Cn2nnc3ccccc32)c2ccc(OC)cc2)cc1. The second-order valence-corrected chi connectivity index (χ2v) is 9.31. The van der Waals surface area contributed by atoms with Gasteiger partial charge in [0.1, 0.15) is 29.6 Å². The summed E-state index contributed by atoms with van der Waals surface area (Å²) in [5.74, 6) is 0.649. The number of rotatable bonds is 11. The molecule has 41 heavy (non-hydrogen) atoms. The number of hydrogen-bond acceptors (Lipinski definition) is 6. The molecule has 0 fully saturated rings. The monoisotopic (exact) mass is 549 g/mol. The van der Waals surface area contributed by atoms with E-state index in [2.05, 4.69) is 15.6 Å². The van der Waals surface area contributed by atoms with Gasteiger partial charge in [0.05, 0.1) is 19.2 Å². The summed E-state index contributed by atoms with van der Waals surface area (Å²) in [5.41, 5.74) is 3.52. The van der Waals surface area contributed by atoms with Crippen LogP contribution in [0.25, 0.3) is 11.0 Å². The maximum Gasteiger partial charge on any atom is 0.249 e. The van der Waals surface area contributed by atoms with Crippen molar-refractivity contribution in [3.63, 3.8) is 0 Å². The van der Waals surface area contributed by atoms with E-state index in [4.69, 9.17) is 9.47 Å². The van der Waals surface area contributed by atoms with E-state index in [1.165, 1.54) is 4.90 Å². The number of ether oxygens (including phenoxy) is 2. The van der Waals surface area contributed by atoms with Crippen LogP contribution in [0.1, 0.15) is 24.1 Å². The molecule has 9 nitrogen and oxygen atoms in total. The molecule has 1 aromatic heterocycles. The third-order valence-corrected chi connectivity index (χ3v) is 6.65. The summed E-state index contributed by atoms with van der Waals surface area (Å²) in [7, 11) is 1.58. The molecule has 0 saturated carbocycles. The van der Waals surface area contributed by atoms with Gasteiger partial charge in [0.2, 0.25) is 11.8 Å². The topological polar surface area (TPSA) is 98.6 Å². The fourth-order valence-electron chi connectivity index (χ4n) is 4.63. The number of nitrogens with one attached hydrogen (secondary N) is 1. The van der Waals surface area contributed by atoms with Crippen molar-refractivity contribution in [2.45, 2.75) is 26.1 Å². The second-order valence-electron chi connectivity index (χ2n) is 9.31. The van der Waals surface area contributed by atoms with Gasteiger partial charge in [-0.25, -0.2) is 4.68 Å². The number of benzene rings is 4. The van der Waals surface area contributed by atoms with E-state index < -0.39 is 6.04 Å². The van der Waals surface area contributed by atoms with Crippen LogP contribution < -0.4 is 19.7 Å². The predicted octanol–water partition coefficient (Wildman–Crippen LogP) is 4.93. The number of aromatic nitrogens is 3. The largest absolute Gasteiger partial charge is 0.497 e. The summed E-state index contributed by atoms with van der Waals surface area (Å²) in [6, 6.07) is 30.4. The summed E-state index contributed by atoms with van der Waals surface area (Å²) in [5, 5.41) is 11.4. The molecule has 9 heteroatoms. The number of amides is 2. The summed E-state index contributed by atoms with van der Waals surface area (Å²) in [6.45, 7) is 2.62. The molecule has 0 aliphatic heterocycles. The Labute approximate surface area is 238 Å². The Morgan fingerprint density at radius 2 is 1.56 bits per heavy atom. The standard InChI is InChI=1S/C32H31N5O4/c1-3-41-27-17-13-24(14-18-27)31(32(39)33-21-23-9-5-4-6-10-23)37(25-15-19-26(40-2)20-16-25)30(38)22-36-29-12-8-7-11-28(29)34-35-36/h4-20,31H,3,21-22H2,1-2H3,(H,33,39)/t31-/m0/s1. The van der Waals surface area contributed by atoms with Crippen LogP contribution >= 0.6 is 0 Å². The molecular weight excluding hydrogens is 518 g/mol. The molecule has 0 radical (unpaired) electrons. The van der Waals surface area contributed by atoms with E-state index in [-0.39, 0.29) is 18.4 Å². The van der Waals surface area contributed by atoms with E-state index in [1.54, 1.807) is 48.2 Å². The Hall–Kier alpha value is -5.18. The van der Waals surface area contributed by atoms with Crippen molar-refractivity contribution in [1.29, 1.82) is 0 Å². The molecule has 0 saturated heterocycles. The van der Waals surface area contributed by atoms with Crippen LogP contribution in [0.3, 0.4) is 0 Å². The van der Waals surface area contributed by atoms with Crippen LogP contribution in [0.15, 0.2) is 103 Å². The number of fused-ring (bicyclic) bond motifs is 1. The third-order valence-electron chi connectivity index (χ3n) is 6.65. The minimum Gasteiger partial charge on any atom is -0.497 e. The number of anilines is 1. The first kappa shape index (κ1) is 27.4. The van der Waals surface area contributed by atoms with Crippen molar-refractivity contribution >= 4 is 28.5 Å². The van der Waals surface area contributed by atoms with Crippen molar-refractivity contribution < 1.29 is 19.1 Å². The van der Waals surface area contributed by atoms with Crippen molar-refractivity contribution in [3.05, 3.63) is 114 Å². The van der Waals surface area contributed by atoms with Gasteiger partial charge in [-0.05, 0) is 66.6 Å². The summed E-state index contributed by atoms with van der Waals surface area (Å²) in [4.78, 5) is 29.7. The molecule has 0 bridgehead atoms. The molecule has 0 aliphatic carbocycles. The van der Waals surface area contributed by atoms with Gasteiger partial charge >= 0.3 is 0 Å². The summed E-state index contributed by atoms with van der Waals surface area (Å²) >= 11 is 0. The Balaban J connectivity index is 1.55. The highest BCUT2D eigenvalue weighted by atomic mass is 16.5. The number of hydrogen-bond donors (Lipinski definition) is 1. The van der Waals surface area contributed by atoms with Crippen LogP contribution in [-0.4, -0.2) is 40.5 Å². The van der Waals surface area contributed by atoms with Gasteiger partial charge in [0.25, 0.3) is 0 Å². The van der Waals surface area contributed by atoms with Crippen LogP contribution in [-0.2, 0) is 22.7 Å². The third kappa shape index (κ3) is 6.36. The minimum absolute atomic E-state index is 0.119. The molecular formula is C32H31N5O4. The molecule has 1 atom stereocenters. The quantitative estimate of drug-likeness (QED) is 0.251. The number of carbonyl (C=O) groups is 2. The smallest absolute Gasteiger partial charge is 0.249 e. The first-order chi connectivity index (χ1) is 20.1. The Kier molecular flexibility index (Phi) is 8.54. The van der Waals surface area contributed by atoms with Gasteiger partial charge < -0.3 is 14.8 Å². The lowest BCUT2D eigenvalue weighted by molar-refractivity contribution is -0.127. The van der Waals surface area contributed by atoms with Gasteiger partial charge in [0.15, 0.2) is 0 Å². The summed E-state index contributed by atoms with van der Waals surface area (Å²) in [6.07, 6.45) is 0. The molecule has 5 aromatic rings. The minimum atomic E-state index is -0.981. The molecule has 2 amide bonds. The second kappa shape index (κ2) is 12.8. The van der Waals surface area contributed by atoms with E-state index in [0.29, 0.717) is 41.4 Å². The van der Waals surface area contributed by atoms with Crippen molar-refractivity contribution in [2.24, 2.45) is 0 Å². The van der Waals surface area contributed by atoms with Crippen LogP contribution in [0.5, 0.6) is 11.5 Å². The van der Waals surface area contributed by atoms with Crippen molar-refractivity contribution in [3.8, 4) is 11.5 Å². The van der Waals surface area contributed by atoms with E-state index in [9.17, 15) is 9.59 Å². The molecule has 4 aromatic carbocycles. The highest BCUT2D eigenvalue weighted by molar-refractivity contribution is 6.01. The maximum atomic E-state index is 14.2. The van der Waals surface area contributed by atoms with Crippen molar-refractivity contribution in [2.75, 3.05) is 18.6 Å². The number of carbonyl (C=O) groups excluding carboxylic acids is 2. The molecule has 5 rings (SSSR count). The zero-order chi connectivity index (χ0) is 28.6. The first-order valence-corrected chi connectivity index (χ1v) is 13.4. The molecule has 0 aliphatic rings. The van der Waals surface area contributed by atoms with Crippen LogP contribution in [0.2, 0.25) is 0 Å². The first-order valence-electron chi connectivity index (χ1n) is 13.4. The number of para-hydroxylation sites is 1. The zero-order valence-corrected chi connectivity index (χ0v) is 22.9. The lowest BCUT2D eigenvalue weighted by Crippen LogP contribution is -2.45. The summed E-state index contributed by atoms with van der Waals surface area (Å²) < 4.78 is 12.5. The van der Waals surface area contributed by atoms with E-state index >= 15 is 0 Å². The number of nitrogens with zero attached hydrogens (tertiary/aromatic N) is 4. The van der Waals surface area contributed by atoms with Gasteiger partial charge in [-0.2, -0.15) is 0 Å². The van der Waals surface area contributed by atoms with E-state index in [1.807, 2.05) is 73.7 Å². The van der Waals surface area contributed by atoms with Gasteiger partial charge in [-0.3, -0.25) is 14.5 Å². The fourth-order valence-corrected chi connectivity index (χ4v) is 4.63. The molecule has 1 N–H and O–H groups in total. The molecule has 0 unspecified atom stereocenters. The van der Waals surface area contributed by atoms with Gasteiger partial charge in [-0.1, -0.05) is 59.8 Å². The van der Waals surface area contributed by atoms with Gasteiger partial charge in [-0.15, -0.1) is 5.10 Å². The normalized spacial score (nSPS) is 11.6. The van der Waals surface area contributed by atoms with E-state index in [0.717, 1.165) is 11.1 Å². The zero-order valence-electron chi connectivity index (χ0n) is 22.9. The number of methoxy groups -OCH3 is 1. The van der Waals surface area contributed by atoms with Crippen molar-refractivity contribution in [1.82, 2.24) is 20.3 Å². The lowest BCUT2D eigenvalue weighted by atomic mass is 10.0. The highest BCUT2D eigenvalue weighted by Gasteiger charge is 2.33. The van der Waals surface area contributed by atoms with Crippen LogP contribution in [0, 0.1) is 0 Å². The Morgan fingerprint density at radius 3 is 2.27 bits per heavy atom. The fraction of sp³-hybridized carbons (Fsp3) is 0.188. The maximum absolute atomic E-state index is 14.2. The molecule has 1 heterocycles.